The molecule has 2 aromatic rings. The second-order valence-electron chi connectivity index (χ2n) is 4.34. The molecule has 0 aliphatic rings. The van der Waals surface area contributed by atoms with Crippen molar-refractivity contribution in [3.63, 3.8) is 0 Å². The number of halogens is 1. The first-order valence-electron chi connectivity index (χ1n) is 6.49. The highest BCUT2D eigenvalue weighted by Crippen LogP contribution is 2.16. The molecule has 0 saturated heterocycles. The molecule has 0 bridgehead atoms. The fraction of sp³-hybridized carbons (Fsp3) is 0.188. The monoisotopic (exact) mass is 381 g/mol. The molecule has 0 aromatic heterocycles. The van der Waals surface area contributed by atoms with Crippen molar-refractivity contribution in [2.24, 2.45) is 0 Å². The summed E-state index contributed by atoms with van der Waals surface area (Å²) < 4.78 is 6.67. The van der Waals surface area contributed by atoms with Crippen molar-refractivity contribution in [2.75, 3.05) is 11.9 Å². The first kappa shape index (κ1) is 14.8. The van der Waals surface area contributed by atoms with Crippen LogP contribution in [0.3, 0.4) is 0 Å². The lowest BCUT2D eigenvalue weighted by molar-refractivity contribution is 0.102. The van der Waals surface area contributed by atoms with E-state index in [1.807, 2.05) is 43.3 Å². The molecule has 20 heavy (non-hydrogen) atoms. The van der Waals surface area contributed by atoms with Crippen LogP contribution in [0.4, 0.5) is 5.69 Å². The topological polar surface area (TPSA) is 38.3 Å². The van der Waals surface area contributed by atoms with E-state index in [4.69, 9.17) is 4.74 Å². The van der Waals surface area contributed by atoms with Crippen LogP contribution < -0.4 is 10.1 Å². The van der Waals surface area contributed by atoms with E-state index < -0.39 is 0 Å². The van der Waals surface area contributed by atoms with Gasteiger partial charge in [-0.25, -0.2) is 0 Å². The van der Waals surface area contributed by atoms with Gasteiger partial charge in [0.05, 0.1) is 6.61 Å². The van der Waals surface area contributed by atoms with Crippen LogP contribution in [0.25, 0.3) is 0 Å². The second kappa shape index (κ2) is 7.28. The molecule has 4 heteroatoms. The number of nitrogens with one attached hydrogen (secondary N) is 1. The molecule has 0 unspecified atom stereocenters. The van der Waals surface area contributed by atoms with Crippen LogP contribution in [0.1, 0.15) is 23.7 Å². The van der Waals surface area contributed by atoms with Crippen LogP contribution in [0, 0.1) is 3.57 Å². The molecule has 0 saturated carbocycles. The molecule has 1 N–H and O–H groups in total. The quantitative estimate of drug-likeness (QED) is 0.783. The van der Waals surface area contributed by atoms with E-state index in [0.717, 1.165) is 21.4 Å². The zero-order valence-corrected chi connectivity index (χ0v) is 13.4. The molecule has 0 heterocycles. The second-order valence-corrected chi connectivity index (χ2v) is 5.58. The zero-order valence-electron chi connectivity index (χ0n) is 11.2. The van der Waals surface area contributed by atoms with Crippen LogP contribution >= 0.6 is 22.6 Å². The molecule has 1 amide bonds. The lowest BCUT2D eigenvalue weighted by Gasteiger charge is -2.08. The number of carbonyl (C=O) groups is 1. The van der Waals surface area contributed by atoms with Gasteiger partial charge in [0.25, 0.3) is 5.91 Å². The highest BCUT2D eigenvalue weighted by molar-refractivity contribution is 14.1. The molecule has 0 aliphatic heterocycles. The van der Waals surface area contributed by atoms with Gasteiger partial charge < -0.3 is 10.1 Å². The van der Waals surface area contributed by atoms with E-state index in [2.05, 4.69) is 27.9 Å². The van der Waals surface area contributed by atoms with Gasteiger partial charge >= 0.3 is 0 Å². The van der Waals surface area contributed by atoms with Crippen LogP contribution in [0.15, 0.2) is 48.5 Å². The maximum atomic E-state index is 12.2. The van der Waals surface area contributed by atoms with Gasteiger partial charge in [0.2, 0.25) is 0 Å². The Balaban J connectivity index is 2.06. The maximum absolute atomic E-state index is 12.2. The first-order valence-corrected chi connectivity index (χ1v) is 7.56. The molecule has 0 aliphatic carbocycles. The summed E-state index contributed by atoms with van der Waals surface area (Å²) in [5, 5.41) is 2.87. The Kier molecular flexibility index (Phi) is 5.40. The third-order valence-electron chi connectivity index (χ3n) is 2.67. The Morgan fingerprint density at radius 3 is 2.65 bits per heavy atom. The van der Waals surface area contributed by atoms with E-state index in [9.17, 15) is 4.79 Å². The Morgan fingerprint density at radius 2 is 1.95 bits per heavy atom. The van der Waals surface area contributed by atoms with Gasteiger partial charge in [-0.15, -0.1) is 0 Å². The summed E-state index contributed by atoms with van der Waals surface area (Å²) in [6.45, 7) is 2.70. The summed E-state index contributed by atoms with van der Waals surface area (Å²) in [5.74, 6) is 0.593. The smallest absolute Gasteiger partial charge is 0.255 e. The molecular formula is C16H16INO2. The Hall–Kier alpha value is -1.56. The van der Waals surface area contributed by atoms with Crippen molar-refractivity contribution < 1.29 is 9.53 Å². The molecule has 2 rings (SSSR count). The summed E-state index contributed by atoms with van der Waals surface area (Å²) in [7, 11) is 0. The fourth-order valence-electron chi connectivity index (χ4n) is 1.68. The third-order valence-corrected chi connectivity index (χ3v) is 3.39. The average Bonchev–Trinajstić information content (AvgIpc) is 2.48. The predicted molar refractivity (Wildman–Crippen MR) is 89.3 cm³/mol. The molecule has 3 nitrogen and oxygen atoms in total. The molecule has 0 spiro atoms. The number of hydrogen-bond donors (Lipinski definition) is 1. The summed E-state index contributed by atoms with van der Waals surface area (Å²) in [4.78, 5) is 12.2. The van der Waals surface area contributed by atoms with Crippen LogP contribution in [0.5, 0.6) is 5.75 Å². The van der Waals surface area contributed by atoms with Gasteiger partial charge in [-0.05, 0) is 71.5 Å². The molecule has 0 radical (unpaired) electrons. The van der Waals surface area contributed by atoms with Crippen molar-refractivity contribution in [3.05, 3.63) is 57.7 Å². The summed E-state index contributed by atoms with van der Waals surface area (Å²) in [5.41, 5.74) is 1.38. The van der Waals surface area contributed by atoms with Crippen LogP contribution in [-0.4, -0.2) is 12.5 Å². The van der Waals surface area contributed by atoms with Crippen molar-refractivity contribution in [2.45, 2.75) is 13.3 Å². The van der Waals surface area contributed by atoms with E-state index in [0.29, 0.717) is 12.2 Å². The molecule has 0 atom stereocenters. The van der Waals surface area contributed by atoms with Crippen LogP contribution in [0.2, 0.25) is 0 Å². The highest BCUT2D eigenvalue weighted by Gasteiger charge is 2.07. The third kappa shape index (κ3) is 4.23. The fourth-order valence-corrected chi connectivity index (χ4v) is 2.04. The van der Waals surface area contributed by atoms with Gasteiger partial charge in [0.15, 0.2) is 0 Å². The Labute approximate surface area is 132 Å². The van der Waals surface area contributed by atoms with Gasteiger partial charge in [-0.3, -0.25) is 4.79 Å². The number of benzene rings is 2. The number of anilines is 1. The van der Waals surface area contributed by atoms with Crippen molar-refractivity contribution in [3.8, 4) is 5.75 Å². The largest absolute Gasteiger partial charge is 0.494 e. The minimum Gasteiger partial charge on any atom is -0.494 e. The van der Waals surface area contributed by atoms with Crippen molar-refractivity contribution in [1.82, 2.24) is 0 Å². The van der Waals surface area contributed by atoms with E-state index in [-0.39, 0.29) is 5.91 Å². The molecule has 104 valence electrons. The summed E-state index contributed by atoms with van der Waals surface area (Å²) in [6, 6.07) is 14.9. The minimum atomic E-state index is -0.131. The minimum absolute atomic E-state index is 0.131. The Bertz CT molecular complexity index is 581. The SMILES string of the molecule is CCCOc1cccc(C(=O)Nc2ccc(I)cc2)c1. The normalized spacial score (nSPS) is 10.1. The van der Waals surface area contributed by atoms with Gasteiger partial charge in [0.1, 0.15) is 5.75 Å². The lowest BCUT2D eigenvalue weighted by Crippen LogP contribution is -2.12. The maximum Gasteiger partial charge on any atom is 0.255 e. The first-order chi connectivity index (χ1) is 9.69. The number of ether oxygens (including phenoxy) is 1. The van der Waals surface area contributed by atoms with E-state index in [1.54, 1.807) is 12.1 Å². The van der Waals surface area contributed by atoms with E-state index in [1.165, 1.54) is 0 Å². The van der Waals surface area contributed by atoms with Crippen molar-refractivity contribution >= 4 is 34.2 Å². The highest BCUT2D eigenvalue weighted by atomic mass is 127. The van der Waals surface area contributed by atoms with E-state index >= 15 is 0 Å². The number of rotatable bonds is 5. The summed E-state index contributed by atoms with van der Waals surface area (Å²) in [6.07, 6.45) is 0.944. The zero-order chi connectivity index (χ0) is 14.4. The molecule has 0 fully saturated rings. The predicted octanol–water partition coefficient (Wildman–Crippen LogP) is 4.33. The van der Waals surface area contributed by atoms with Gasteiger partial charge in [-0.1, -0.05) is 13.0 Å². The lowest BCUT2D eigenvalue weighted by atomic mass is 10.2. The summed E-state index contributed by atoms with van der Waals surface area (Å²) >= 11 is 2.23. The molecule has 2 aromatic carbocycles. The number of amides is 1. The van der Waals surface area contributed by atoms with Crippen LogP contribution in [-0.2, 0) is 0 Å². The number of hydrogen-bond acceptors (Lipinski definition) is 2. The average molecular weight is 381 g/mol. The molecular weight excluding hydrogens is 365 g/mol. The van der Waals surface area contributed by atoms with Gasteiger partial charge in [-0.2, -0.15) is 0 Å². The Morgan fingerprint density at radius 1 is 1.20 bits per heavy atom. The number of carbonyl (C=O) groups excluding carboxylic acids is 1. The standard InChI is InChI=1S/C16H16INO2/c1-2-10-20-15-5-3-4-12(11-15)16(19)18-14-8-6-13(17)7-9-14/h3-9,11H,2,10H2,1H3,(H,18,19). The van der Waals surface area contributed by atoms with Gasteiger partial charge in [0, 0.05) is 14.8 Å². The van der Waals surface area contributed by atoms with Crippen molar-refractivity contribution in [1.29, 1.82) is 0 Å².